The summed E-state index contributed by atoms with van der Waals surface area (Å²) in [5, 5.41) is 10.2. The Bertz CT molecular complexity index is 304. The SMILES string of the molecule is COC(=O)CCN(CC1CCCO1)C1CCCCC1O. The fourth-order valence-corrected chi connectivity index (χ4v) is 3.30. The van der Waals surface area contributed by atoms with Crippen LogP contribution in [0.3, 0.4) is 0 Å². The average Bonchev–Trinajstić information content (AvgIpc) is 2.96. The fourth-order valence-electron chi connectivity index (χ4n) is 3.30. The van der Waals surface area contributed by atoms with Crippen LogP contribution in [0.15, 0.2) is 0 Å². The molecule has 0 bridgehead atoms. The normalized spacial score (nSPS) is 30.6. The summed E-state index contributed by atoms with van der Waals surface area (Å²) in [5.74, 6) is -0.187. The molecule has 5 heteroatoms. The summed E-state index contributed by atoms with van der Waals surface area (Å²) in [4.78, 5) is 13.6. The second kappa shape index (κ2) is 7.96. The molecule has 0 aromatic rings. The van der Waals surface area contributed by atoms with E-state index >= 15 is 0 Å². The summed E-state index contributed by atoms with van der Waals surface area (Å²) < 4.78 is 10.4. The number of esters is 1. The number of carbonyl (C=O) groups is 1. The molecule has 5 nitrogen and oxygen atoms in total. The first kappa shape index (κ1) is 15.7. The highest BCUT2D eigenvalue weighted by molar-refractivity contribution is 5.69. The number of aliphatic hydroxyl groups is 1. The molecule has 3 atom stereocenters. The zero-order chi connectivity index (χ0) is 14.4. The summed E-state index contributed by atoms with van der Waals surface area (Å²) in [6.45, 7) is 2.30. The minimum absolute atomic E-state index is 0.164. The molecule has 1 aliphatic heterocycles. The Morgan fingerprint density at radius 3 is 2.75 bits per heavy atom. The van der Waals surface area contributed by atoms with E-state index in [-0.39, 0.29) is 24.2 Å². The second-order valence-corrected chi connectivity index (χ2v) is 5.88. The molecule has 1 heterocycles. The van der Waals surface area contributed by atoms with Crippen molar-refractivity contribution in [3.05, 3.63) is 0 Å². The summed E-state index contributed by atoms with van der Waals surface area (Å²) >= 11 is 0. The number of rotatable bonds is 6. The summed E-state index contributed by atoms with van der Waals surface area (Å²) in [5.41, 5.74) is 0. The van der Waals surface area contributed by atoms with E-state index in [1.54, 1.807) is 0 Å². The Hall–Kier alpha value is -0.650. The number of hydrogen-bond donors (Lipinski definition) is 1. The largest absolute Gasteiger partial charge is 0.469 e. The zero-order valence-electron chi connectivity index (χ0n) is 12.4. The summed E-state index contributed by atoms with van der Waals surface area (Å²) in [7, 11) is 1.42. The van der Waals surface area contributed by atoms with Crippen LogP contribution in [0.1, 0.15) is 44.9 Å². The van der Waals surface area contributed by atoms with E-state index in [4.69, 9.17) is 9.47 Å². The van der Waals surface area contributed by atoms with Crippen molar-refractivity contribution >= 4 is 5.97 Å². The zero-order valence-corrected chi connectivity index (χ0v) is 12.4. The van der Waals surface area contributed by atoms with Crippen LogP contribution in [0.25, 0.3) is 0 Å². The predicted octanol–water partition coefficient (Wildman–Crippen LogP) is 1.33. The molecule has 2 aliphatic rings. The lowest BCUT2D eigenvalue weighted by molar-refractivity contribution is -0.141. The van der Waals surface area contributed by atoms with Gasteiger partial charge in [-0.15, -0.1) is 0 Å². The van der Waals surface area contributed by atoms with Gasteiger partial charge >= 0.3 is 5.97 Å². The van der Waals surface area contributed by atoms with Crippen molar-refractivity contribution in [2.75, 3.05) is 26.8 Å². The molecule has 0 radical (unpaired) electrons. The first-order valence-corrected chi connectivity index (χ1v) is 7.81. The topological polar surface area (TPSA) is 59.0 Å². The molecule has 0 amide bonds. The highest BCUT2D eigenvalue weighted by atomic mass is 16.5. The van der Waals surface area contributed by atoms with Crippen LogP contribution in [0.2, 0.25) is 0 Å². The van der Waals surface area contributed by atoms with Gasteiger partial charge in [0.25, 0.3) is 0 Å². The standard InChI is InChI=1S/C15H27NO4/c1-19-15(18)8-9-16(11-12-5-4-10-20-12)13-6-2-3-7-14(13)17/h12-14,17H,2-11H2,1H3. The monoisotopic (exact) mass is 285 g/mol. The molecule has 1 saturated carbocycles. The van der Waals surface area contributed by atoms with Crippen molar-refractivity contribution in [2.45, 2.75) is 63.2 Å². The van der Waals surface area contributed by atoms with Crippen LogP contribution in [0.5, 0.6) is 0 Å². The first-order chi connectivity index (χ1) is 9.70. The molecule has 116 valence electrons. The average molecular weight is 285 g/mol. The molecule has 1 N–H and O–H groups in total. The second-order valence-electron chi connectivity index (χ2n) is 5.88. The van der Waals surface area contributed by atoms with Crippen molar-refractivity contribution in [1.29, 1.82) is 0 Å². The molecule has 3 unspecified atom stereocenters. The third-order valence-corrected chi connectivity index (χ3v) is 4.46. The van der Waals surface area contributed by atoms with Gasteiger partial charge in [-0.05, 0) is 25.7 Å². The minimum Gasteiger partial charge on any atom is -0.469 e. The van der Waals surface area contributed by atoms with Gasteiger partial charge in [0.1, 0.15) is 0 Å². The lowest BCUT2D eigenvalue weighted by Crippen LogP contribution is -2.49. The van der Waals surface area contributed by atoms with Gasteiger partial charge in [-0.2, -0.15) is 0 Å². The van der Waals surface area contributed by atoms with Gasteiger partial charge < -0.3 is 14.6 Å². The molecule has 1 aliphatic carbocycles. The predicted molar refractivity (Wildman–Crippen MR) is 75.4 cm³/mol. The van der Waals surface area contributed by atoms with Crippen molar-refractivity contribution < 1.29 is 19.4 Å². The maximum atomic E-state index is 11.4. The molecule has 2 fully saturated rings. The third-order valence-electron chi connectivity index (χ3n) is 4.46. The number of hydrogen-bond acceptors (Lipinski definition) is 5. The number of nitrogens with zero attached hydrogens (tertiary/aromatic N) is 1. The Kier molecular flexibility index (Phi) is 6.26. The minimum atomic E-state index is -0.275. The van der Waals surface area contributed by atoms with Gasteiger partial charge in [-0.3, -0.25) is 9.69 Å². The molecular formula is C15H27NO4. The lowest BCUT2D eigenvalue weighted by atomic mass is 9.91. The first-order valence-electron chi connectivity index (χ1n) is 7.81. The molecule has 1 saturated heterocycles. The Morgan fingerprint density at radius 1 is 1.30 bits per heavy atom. The highest BCUT2D eigenvalue weighted by Gasteiger charge is 2.31. The molecule has 0 spiro atoms. The number of methoxy groups -OCH3 is 1. The van der Waals surface area contributed by atoms with E-state index in [1.165, 1.54) is 7.11 Å². The lowest BCUT2D eigenvalue weighted by Gasteiger charge is -2.38. The maximum Gasteiger partial charge on any atom is 0.306 e. The molecule has 0 aromatic heterocycles. The van der Waals surface area contributed by atoms with Crippen LogP contribution in [-0.4, -0.2) is 61.0 Å². The van der Waals surface area contributed by atoms with Gasteiger partial charge in [0.2, 0.25) is 0 Å². The van der Waals surface area contributed by atoms with Crippen LogP contribution in [-0.2, 0) is 14.3 Å². The van der Waals surface area contributed by atoms with Gasteiger partial charge in [-0.1, -0.05) is 12.8 Å². The molecular weight excluding hydrogens is 258 g/mol. The van der Waals surface area contributed by atoms with Crippen LogP contribution in [0.4, 0.5) is 0 Å². The van der Waals surface area contributed by atoms with Crippen LogP contribution in [0, 0.1) is 0 Å². The van der Waals surface area contributed by atoms with E-state index in [0.29, 0.717) is 13.0 Å². The van der Waals surface area contributed by atoms with E-state index in [2.05, 4.69) is 4.90 Å². The smallest absolute Gasteiger partial charge is 0.306 e. The van der Waals surface area contributed by atoms with Crippen molar-refractivity contribution in [1.82, 2.24) is 4.90 Å². The number of aliphatic hydroxyl groups excluding tert-OH is 1. The van der Waals surface area contributed by atoms with Crippen molar-refractivity contribution in [2.24, 2.45) is 0 Å². The quantitative estimate of drug-likeness (QED) is 0.746. The summed E-state index contributed by atoms with van der Waals surface area (Å²) in [6, 6.07) is 0.164. The van der Waals surface area contributed by atoms with Crippen LogP contribution >= 0.6 is 0 Å². The number of ether oxygens (including phenoxy) is 2. The van der Waals surface area contributed by atoms with E-state index < -0.39 is 0 Å². The van der Waals surface area contributed by atoms with Gasteiger partial charge in [0.15, 0.2) is 0 Å². The third kappa shape index (κ3) is 4.43. The Labute approximate surface area is 121 Å². The van der Waals surface area contributed by atoms with E-state index in [0.717, 1.165) is 51.7 Å². The van der Waals surface area contributed by atoms with Gasteiger partial charge in [0.05, 0.1) is 25.7 Å². The Morgan fingerprint density at radius 2 is 2.10 bits per heavy atom. The van der Waals surface area contributed by atoms with Crippen LogP contribution < -0.4 is 0 Å². The maximum absolute atomic E-state index is 11.4. The Balaban J connectivity index is 1.92. The molecule has 20 heavy (non-hydrogen) atoms. The number of carbonyl (C=O) groups excluding carboxylic acids is 1. The molecule has 0 aromatic carbocycles. The summed E-state index contributed by atoms with van der Waals surface area (Å²) in [6.07, 6.45) is 6.68. The van der Waals surface area contributed by atoms with Gasteiger partial charge in [-0.25, -0.2) is 0 Å². The van der Waals surface area contributed by atoms with Gasteiger partial charge in [0, 0.05) is 25.7 Å². The van der Waals surface area contributed by atoms with Crippen molar-refractivity contribution in [3.63, 3.8) is 0 Å². The molecule has 2 rings (SSSR count). The highest BCUT2D eigenvalue weighted by Crippen LogP contribution is 2.25. The van der Waals surface area contributed by atoms with E-state index in [1.807, 2.05) is 0 Å². The van der Waals surface area contributed by atoms with Crippen molar-refractivity contribution in [3.8, 4) is 0 Å². The van der Waals surface area contributed by atoms with E-state index in [9.17, 15) is 9.90 Å². The fraction of sp³-hybridized carbons (Fsp3) is 0.933.